The van der Waals surface area contributed by atoms with E-state index in [9.17, 15) is 4.79 Å². The summed E-state index contributed by atoms with van der Waals surface area (Å²) in [6.07, 6.45) is 3.36. The lowest BCUT2D eigenvalue weighted by atomic mass is 10.2. The van der Waals surface area contributed by atoms with Gasteiger partial charge in [0, 0.05) is 25.8 Å². The first-order valence-corrected chi connectivity index (χ1v) is 8.56. The van der Waals surface area contributed by atoms with E-state index in [1.54, 1.807) is 43.8 Å². The second-order valence-corrected chi connectivity index (χ2v) is 5.91. The molecular formula is C19H23N3O4. The second kappa shape index (κ2) is 9.05. The first kappa shape index (κ1) is 18.0. The molecule has 26 heavy (non-hydrogen) atoms. The lowest BCUT2D eigenvalue weighted by Gasteiger charge is -2.35. The van der Waals surface area contributed by atoms with Crippen molar-refractivity contribution >= 4 is 5.91 Å². The number of carbonyl (C=O) groups is 1. The number of nitrogens with one attached hydrogen (secondary N) is 1. The molecule has 1 aliphatic heterocycles. The zero-order valence-corrected chi connectivity index (χ0v) is 14.8. The van der Waals surface area contributed by atoms with E-state index in [1.807, 2.05) is 17.0 Å². The van der Waals surface area contributed by atoms with Gasteiger partial charge in [-0.25, -0.2) is 0 Å². The van der Waals surface area contributed by atoms with Crippen LogP contribution in [0.2, 0.25) is 0 Å². The van der Waals surface area contributed by atoms with Crippen LogP contribution in [0.1, 0.15) is 0 Å². The minimum atomic E-state index is -0.0536. The molecule has 2 heterocycles. The van der Waals surface area contributed by atoms with Crippen LogP contribution >= 0.6 is 0 Å². The summed E-state index contributed by atoms with van der Waals surface area (Å²) < 4.78 is 16.5. The molecule has 0 aliphatic carbocycles. The molecule has 2 aromatic rings. The largest absolute Gasteiger partial charge is 0.497 e. The van der Waals surface area contributed by atoms with Crippen LogP contribution in [0.5, 0.6) is 17.2 Å². The van der Waals surface area contributed by atoms with Gasteiger partial charge in [-0.15, -0.1) is 0 Å². The molecule has 3 rings (SSSR count). The van der Waals surface area contributed by atoms with Crippen molar-refractivity contribution in [2.75, 3.05) is 40.0 Å². The predicted octanol–water partition coefficient (Wildman–Crippen LogP) is 1.35. The van der Waals surface area contributed by atoms with Crippen LogP contribution in [0.25, 0.3) is 0 Å². The summed E-state index contributed by atoms with van der Waals surface area (Å²) in [7, 11) is 1.61. The van der Waals surface area contributed by atoms with Crippen LogP contribution in [0.4, 0.5) is 0 Å². The monoisotopic (exact) mass is 357 g/mol. The maximum Gasteiger partial charge on any atom is 0.260 e. The van der Waals surface area contributed by atoms with Crippen molar-refractivity contribution in [3.63, 3.8) is 0 Å². The maximum absolute atomic E-state index is 12.6. The van der Waals surface area contributed by atoms with E-state index < -0.39 is 0 Å². The zero-order valence-electron chi connectivity index (χ0n) is 14.8. The number of pyridine rings is 1. The molecule has 0 bridgehead atoms. The highest BCUT2D eigenvalue weighted by atomic mass is 16.5. The summed E-state index contributed by atoms with van der Waals surface area (Å²) in [5, 5.41) is 3.30. The summed E-state index contributed by atoms with van der Waals surface area (Å²) in [4.78, 5) is 18.4. The molecule has 1 aromatic carbocycles. The van der Waals surface area contributed by atoms with E-state index in [4.69, 9.17) is 14.2 Å². The number of nitrogens with zero attached hydrogens (tertiary/aromatic N) is 2. The van der Waals surface area contributed by atoms with Gasteiger partial charge in [0.05, 0.1) is 19.3 Å². The van der Waals surface area contributed by atoms with Crippen molar-refractivity contribution in [3.05, 3.63) is 48.8 Å². The summed E-state index contributed by atoms with van der Waals surface area (Å²) in [6, 6.07) is 10.8. The second-order valence-electron chi connectivity index (χ2n) is 5.91. The van der Waals surface area contributed by atoms with Gasteiger partial charge in [0.25, 0.3) is 5.91 Å². The molecule has 1 atom stereocenters. The molecular weight excluding hydrogens is 334 g/mol. The smallest absolute Gasteiger partial charge is 0.260 e. The Hall–Kier alpha value is -2.80. The van der Waals surface area contributed by atoms with Gasteiger partial charge in [-0.2, -0.15) is 0 Å². The SMILES string of the molecule is COc1ccc(OCC(=O)N2CCNCC2COc2cccnc2)cc1. The number of amides is 1. The Kier molecular flexibility index (Phi) is 6.27. The minimum absolute atomic E-state index is 0.00424. The van der Waals surface area contributed by atoms with Gasteiger partial charge in [0.15, 0.2) is 6.61 Å². The first-order chi connectivity index (χ1) is 12.8. The van der Waals surface area contributed by atoms with Crippen molar-refractivity contribution in [2.24, 2.45) is 0 Å². The highest BCUT2D eigenvalue weighted by molar-refractivity contribution is 5.78. The van der Waals surface area contributed by atoms with Gasteiger partial charge in [-0.3, -0.25) is 9.78 Å². The van der Waals surface area contributed by atoms with Crippen molar-refractivity contribution in [2.45, 2.75) is 6.04 Å². The topological polar surface area (TPSA) is 72.9 Å². The van der Waals surface area contributed by atoms with Crippen LogP contribution in [0.3, 0.4) is 0 Å². The van der Waals surface area contributed by atoms with Crippen molar-refractivity contribution in [1.29, 1.82) is 0 Å². The zero-order chi connectivity index (χ0) is 18.2. The number of ether oxygens (including phenoxy) is 3. The number of piperazine rings is 1. The van der Waals surface area contributed by atoms with E-state index in [1.165, 1.54) is 0 Å². The molecule has 138 valence electrons. The van der Waals surface area contributed by atoms with E-state index in [0.29, 0.717) is 31.2 Å². The number of hydrogen-bond acceptors (Lipinski definition) is 6. The molecule has 1 amide bonds. The number of hydrogen-bond donors (Lipinski definition) is 1. The van der Waals surface area contributed by atoms with Gasteiger partial charge in [-0.1, -0.05) is 0 Å². The van der Waals surface area contributed by atoms with Gasteiger partial charge >= 0.3 is 0 Å². The molecule has 1 unspecified atom stereocenters. The van der Waals surface area contributed by atoms with Gasteiger partial charge in [0.2, 0.25) is 0 Å². The van der Waals surface area contributed by atoms with Gasteiger partial charge in [0.1, 0.15) is 23.9 Å². The van der Waals surface area contributed by atoms with Crippen LogP contribution in [-0.2, 0) is 4.79 Å². The summed E-state index contributed by atoms with van der Waals surface area (Å²) in [5.41, 5.74) is 0. The average molecular weight is 357 g/mol. The minimum Gasteiger partial charge on any atom is -0.497 e. The third-order valence-electron chi connectivity index (χ3n) is 4.17. The van der Waals surface area contributed by atoms with Crippen molar-refractivity contribution < 1.29 is 19.0 Å². The third-order valence-corrected chi connectivity index (χ3v) is 4.17. The molecule has 1 saturated heterocycles. The fraction of sp³-hybridized carbons (Fsp3) is 0.368. The molecule has 7 nitrogen and oxygen atoms in total. The normalized spacial score (nSPS) is 16.8. The Bertz CT molecular complexity index is 694. The Morgan fingerprint density at radius 3 is 2.73 bits per heavy atom. The molecule has 0 spiro atoms. The predicted molar refractivity (Wildman–Crippen MR) is 96.6 cm³/mol. The van der Waals surface area contributed by atoms with Crippen LogP contribution < -0.4 is 19.5 Å². The molecule has 1 N–H and O–H groups in total. The Balaban J connectivity index is 1.53. The summed E-state index contributed by atoms with van der Waals surface area (Å²) >= 11 is 0. The Labute approximate surface area is 152 Å². The van der Waals surface area contributed by atoms with Crippen molar-refractivity contribution in [3.8, 4) is 17.2 Å². The first-order valence-electron chi connectivity index (χ1n) is 8.56. The fourth-order valence-corrected chi connectivity index (χ4v) is 2.76. The summed E-state index contributed by atoms with van der Waals surface area (Å²) in [6.45, 7) is 2.49. The molecule has 7 heteroatoms. The number of benzene rings is 1. The summed E-state index contributed by atoms with van der Waals surface area (Å²) in [5.74, 6) is 2.03. The highest BCUT2D eigenvalue weighted by Crippen LogP contribution is 2.17. The van der Waals surface area contributed by atoms with Crippen LogP contribution in [0.15, 0.2) is 48.8 Å². The van der Waals surface area contributed by atoms with E-state index >= 15 is 0 Å². The number of rotatable bonds is 7. The van der Waals surface area contributed by atoms with E-state index in [0.717, 1.165) is 12.3 Å². The number of aromatic nitrogens is 1. The molecule has 1 aromatic heterocycles. The number of carbonyl (C=O) groups excluding carboxylic acids is 1. The lowest BCUT2D eigenvalue weighted by molar-refractivity contribution is -0.137. The average Bonchev–Trinajstić information content (AvgIpc) is 2.72. The maximum atomic E-state index is 12.6. The molecule has 1 fully saturated rings. The van der Waals surface area contributed by atoms with Crippen molar-refractivity contribution in [1.82, 2.24) is 15.2 Å². The molecule has 0 radical (unpaired) electrons. The standard InChI is InChI=1S/C19H23N3O4/c1-24-16-4-6-17(7-5-16)26-14-19(23)22-10-9-21-11-15(22)13-25-18-3-2-8-20-12-18/h2-8,12,15,21H,9-11,13-14H2,1H3. The van der Waals surface area contributed by atoms with Crippen LogP contribution in [-0.4, -0.2) is 61.8 Å². The third kappa shape index (κ3) is 4.86. The fourth-order valence-electron chi connectivity index (χ4n) is 2.76. The highest BCUT2D eigenvalue weighted by Gasteiger charge is 2.27. The number of methoxy groups -OCH3 is 1. The van der Waals surface area contributed by atoms with E-state index in [-0.39, 0.29) is 18.6 Å². The van der Waals surface area contributed by atoms with E-state index in [2.05, 4.69) is 10.3 Å². The Morgan fingerprint density at radius 2 is 2.00 bits per heavy atom. The van der Waals surface area contributed by atoms with Gasteiger partial charge < -0.3 is 24.4 Å². The molecule has 1 aliphatic rings. The molecule has 0 saturated carbocycles. The lowest BCUT2D eigenvalue weighted by Crippen LogP contribution is -2.56. The van der Waals surface area contributed by atoms with Gasteiger partial charge in [-0.05, 0) is 36.4 Å². The Morgan fingerprint density at radius 1 is 1.19 bits per heavy atom. The quantitative estimate of drug-likeness (QED) is 0.806. The van der Waals surface area contributed by atoms with Crippen LogP contribution in [0, 0.1) is 0 Å².